The summed E-state index contributed by atoms with van der Waals surface area (Å²) in [6.07, 6.45) is 0.886. The predicted octanol–water partition coefficient (Wildman–Crippen LogP) is 0.404. The third kappa shape index (κ3) is 6.66. The van der Waals surface area contributed by atoms with Crippen molar-refractivity contribution < 1.29 is 42.5 Å². The number of ether oxygens (including phenoxy) is 1. The fraction of sp³-hybridized carbons (Fsp3) is 0.692. The van der Waals surface area contributed by atoms with Gasteiger partial charge in [0.05, 0.1) is 23.0 Å². The summed E-state index contributed by atoms with van der Waals surface area (Å²) < 4.78 is 32.3. The maximum atomic E-state index is 13.7. The number of aliphatic hydroxyl groups is 1. The number of nitrogens with zero attached hydrogens (tertiary/aromatic N) is 1. The number of carboxylic acid groups (broad SMARTS) is 1. The van der Waals surface area contributed by atoms with Gasteiger partial charge in [0.2, 0.25) is 15.9 Å². The van der Waals surface area contributed by atoms with Crippen LogP contribution in [0.2, 0.25) is 0 Å². The molecular formula is C26H40N4O9S. The first-order valence-corrected chi connectivity index (χ1v) is 14.8. The Labute approximate surface area is 234 Å². The van der Waals surface area contributed by atoms with E-state index in [9.17, 15) is 37.8 Å². The molecule has 3 fully saturated rings. The Kier molecular flexibility index (Phi) is 9.36. The minimum absolute atomic E-state index is 0.121. The number of rotatable bonds is 14. The van der Waals surface area contributed by atoms with Gasteiger partial charge in [0.25, 0.3) is 11.8 Å². The molecule has 1 saturated heterocycles. The second-order valence-electron chi connectivity index (χ2n) is 11.3. The molecule has 5 N–H and O–H groups in total. The molecule has 4 amide bonds. The first kappa shape index (κ1) is 31.6. The van der Waals surface area contributed by atoms with Crippen LogP contribution in [0.4, 0.5) is 4.79 Å². The van der Waals surface area contributed by atoms with E-state index in [0.29, 0.717) is 25.7 Å². The summed E-state index contributed by atoms with van der Waals surface area (Å²) in [5, 5.41) is 24.4. The maximum absolute atomic E-state index is 13.7. The van der Waals surface area contributed by atoms with E-state index in [0.717, 1.165) is 4.90 Å². The van der Waals surface area contributed by atoms with Gasteiger partial charge in [-0.3, -0.25) is 19.1 Å². The number of aliphatic hydroxyl groups excluding tert-OH is 1. The summed E-state index contributed by atoms with van der Waals surface area (Å²) in [6.45, 7) is 11.8. The van der Waals surface area contributed by atoms with Crippen molar-refractivity contribution >= 4 is 33.8 Å². The van der Waals surface area contributed by atoms with E-state index in [4.69, 9.17) is 4.74 Å². The number of allylic oxidation sites excluding steroid dienone is 1. The number of sulfonamides is 1. The van der Waals surface area contributed by atoms with Gasteiger partial charge in [-0.1, -0.05) is 12.2 Å². The van der Waals surface area contributed by atoms with Gasteiger partial charge in [-0.25, -0.2) is 13.2 Å². The Balaban J connectivity index is 1.80. The second-order valence-corrected chi connectivity index (χ2v) is 13.5. The first-order valence-electron chi connectivity index (χ1n) is 13.4. The second kappa shape index (κ2) is 11.9. The Morgan fingerprint density at radius 3 is 2.38 bits per heavy atom. The number of carbonyl (C=O) groups is 4. The Morgan fingerprint density at radius 1 is 1.20 bits per heavy atom. The molecule has 2 saturated carbocycles. The number of carbonyl (C=O) groups excluding carboxylic acids is 3. The van der Waals surface area contributed by atoms with E-state index >= 15 is 0 Å². The maximum Gasteiger partial charge on any atom is 0.404 e. The van der Waals surface area contributed by atoms with Crippen molar-refractivity contribution in [1.29, 1.82) is 0 Å². The zero-order valence-electron chi connectivity index (χ0n) is 23.1. The molecule has 0 bridgehead atoms. The van der Waals surface area contributed by atoms with Gasteiger partial charge in [-0.2, -0.15) is 0 Å². The standard InChI is InChI=1S/C26H40N4O9S/c1-6-8-9-15(3)39-20(16(4)27-24(35)36)22(33)30-14-18(31)12-19(30)21(32)28-26(13-17(26)7-2)23(34)29-40(37,38)25(5)10-11-25/h6-7,15-20,27,31H,1-2,8-14H2,3-5H3,(H,28,32)(H,29,34)(H,35,36)/t15-,16+,17-,18-,19+,20+,26-/m1/s1. The molecule has 0 unspecified atom stereocenters. The molecule has 224 valence electrons. The van der Waals surface area contributed by atoms with Crippen molar-refractivity contribution in [3.8, 4) is 0 Å². The van der Waals surface area contributed by atoms with Crippen LogP contribution in [-0.4, -0.2) is 94.6 Å². The number of β-amino-alcohol motifs (C(OH)–C–C–N with tert-alkyl or cyclic N) is 1. The van der Waals surface area contributed by atoms with Crippen LogP contribution >= 0.6 is 0 Å². The molecule has 13 nitrogen and oxygen atoms in total. The molecule has 2 aliphatic carbocycles. The summed E-state index contributed by atoms with van der Waals surface area (Å²) in [6, 6.07) is -2.19. The molecule has 0 radical (unpaired) electrons. The lowest BCUT2D eigenvalue weighted by atomic mass is 10.1. The van der Waals surface area contributed by atoms with E-state index in [2.05, 4.69) is 28.5 Å². The zero-order valence-corrected chi connectivity index (χ0v) is 23.9. The van der Waals surface area contributed by atoms with Crippen molar-refractivity contribution in [2.24, 2.45) is 5.92 Å². The van der Waals surface area contributed by atoms with Gasteiger partial charge >= 0.3 is 6.09 Å². The van der Waals surface area contributed by atoms with Crippen molar-refractivity contribution in [2.45, 2.75) is 100.0 Å². The third-order valence-corrected chi connectivity index (χ3v) is 10.1. The molecule has 0 aromatic heterocycles. The molecule has 3 aliphatic rings. The average Bonchev–Trinajstić information content (AvgIpc) is 3.75. The van der Waals surface area contributed by atoms with Crippen molar-refractivity contribution in [2.75, 3.05) is 6.54 Å². The lowest BCUT2D eigenvalue weighted by Gasteiger charge is -2.33. The van der Waals surface area contributed by atoms with E-state index in [1.807, 2.05) is 0 Å². The molecule has 14 heteroatoms. The van der Waals surface area contributed by atoms with Gasteiger partial charge < -0.3 is 30.5 Å². The van der Waals surface area contributed by atoms with Crippen LogP contribution in [0.3, 0.4) is 0 Å². The molecule has 1 aliphatic heterocycles. The molecule has 40 heavy (non-hydrogen) atoms. The summed E-state index contributed by atoms with van der Waals surface area (Å²) in [5.41, 5.74) is -1.56. The molecule has 7 atom stereocenters. The molecule has 0 aromatic rings. The highest BCUT2D eigenvalue weighted by molar-refractivity contribution is 7.91. The van der Waals surface area contributed by atoms with Gasteiger partial charge in [-0.15, -0.1) is 13.2 Å². The number of hydrogen-bond acceptors (Lipinski definition) is 8. The van der Waals surface area contributed by atoms with Crippen LogP contribution in [0.1, 0.15) is 59.3 Å². The number of likely N-dealkylation sites (tertiary alicyclic amines) is 1. The number of hydrogen-bond donors (Lipinski definition) is 5. The van der Waals surface area contributed by atoms with E-state index in [1.165, 1.54) is 19.9 Å². The van der Waals surface area contributed by atoms with Gasteiger partial charge in [0.1, 0.15) is 11.6 Å². The van der Waals surface area contributed by atoms with Crippen molar-refractivity contribution in [1.82, 2.24) is 20.3 Å². The highest BCUT2D eigenvalue weighted by atomic mass is 32.2. The van der Waals surface area contributed by atoms with Gasteiger partial charge in [0.15, 0.2) is 6.10 Å². The Hall–Kier alpha value is -2.97. The van der Waals surface area contributed by atoms with E-state index < -0.39 is 80.4 Å². The average molecular weight is 585 g/mol. The highest BCUT2D eigenvalue weighted by Gasteiger charge is 2.63. The molecular weight excluding hydrogens is 544 g/mol. The minimum atomic E-state index is -3.96. The normalized spacial score (nSPS) is 28.9. The summed E-state index contributed by atoms with van der Waals surface area (Å²) in [5.74, 6) is -2.87. The fourth-order valence-corrected chi connectivity index (χ4v) is 6.23. The minimum Gasteiger partial charge on any atom is -0.465 e. The van der Waals surface area contributed by atoms with Crippen LogP contribution in [0.5, 0.6) is 0 Å². The third-order valence-electron chi connectivity index (χ3n) is 7.95. The van der Waals surface area contributed by atoms with Gasteiger partial charge in [-0.05, 0) is 52.9 Å². The number of amides is 4. The Morgan fingerprint density at radius 2 is 1.85 bits per heavy atom. The molecule has 0 aromatic carbocycles. The van der Waals surface area contributed by atoms with Gasteiger partial charge in [0, 0.05) is 18.9 Å². The number of nitrogens with one attached hydrogen (secondary N) is 3. The fourth-order valence-electron chi connectivity index (χ4n) is 4.92. The van der Waals surface area contributed by atoms with Crippen LogP contribution < -0.4 is 15.4 Å². The lowest BCUT2D eigenvalue weighted by Crippen LogP contribution is -2.59. The van der Waals surface area contributed by atoms with Crippen molar-refractivity contribution in [3.05, 3.63) is 25.3 Å². The summed E-state index contributed by atoms with van der Waals surface area (Å²) >= 11 is 0. The molecule has 0 spiro atoms. The van der Waals surface area contributed by atoms with E-state index in [1.54, 1.807) is 13.0 Å². The van der Waals surface area contributed by atoms with Crippen molar-refractivity contribution in [3.63, 3.8) is 0 Å². The predicted molar refractivity (Wildman–Crippen MR) is 144 cm³/mol. The smallest absolute Gasteiger partial charge is 0.404 e. The van der Waals surface area contributed by atoms with Crippen LogP contribution in [-0.2, 0) is 29.1 Å². The van der Waals surface area contributed by atoms with Crippen LogP contribution in [0.15, 0.2) is 25.3 Å². The highest BCUT2D eigenvalue weighted by Crippen LogP contribution is 2.47. The molecule has 3 rings (SSSR count). The quantitative estimate of drug-likeness (QED) is 0.180. The lowest BCUT2D eigenvalue weighted by molar-refractivity contribution is -0.153. The molecule has 1 heterocycles. The SMILES string of the molecule is C=CCC[C@@H](C)O[C@H](C(=O)N1C[C@H](O)C[C@H]1C(=O)N[C@]1(C(=O)NS(=O)(=O)C2(C)CC2)C[C@H]1C=C)[C@H](C)NC(=O)O. The topological polar surface area (TPSA) is 191 Å². The summed E-state index contributed by atoms with van der Waals surface area (Å²) in [4.78, 5) is 52.7. The van der Waals surface area contributed by atoms with E-state index in [-0.39, 0.29) is 19.4 Å². The van der Waals surface area contributed by atoms with Crippen LogP contribution in [0.25, 0.3) is 0 Å². The summed E-state index contributed by atoms with van der Waals surface area (Å²) in [7, 11) is -3.96. The largest absolute Gasteiger partial charge is 0.465 e. The van der Waals surface area contributed by atoms with Crippen LogP contribution in [0, 0.1) is 5.92 Å². The Bertz CT molecular complexity index is 1150. The first-order chi connectivity index (χ1) is 18.6. The monoisotopic (exact) mass is 584 g/mol. The zero-order chi connectivity index (χ0) is 30.0.